The first-order chi connectivity index (χ1) is 10.8. The van der Waals surface area contributed by atoms with Gasteiger partial charge < -0.3 is 5.11 Å². The Bertz CT molecular complexity index is 827. The van der Waals surface area contributed by atoms with Gasteiger partial charge >= 0.3 is 0 Å². The molecule has 1 N–H and O–H groups in total. The molecular formula is C14H11F4NO3S. The molecule has 9 heteroatoms. The maximum Gasteiger partial charge on any atom is 0.267 e. The molecule has 23 heavy (non-hydrogen) atoms. The van der Waals surface area contributed by atoms with Crippen LogP contribution in [0.3, 0.4) is 0 Å². The third kappa shape index (κ3) is 3.30. The topological polar surface area (TPSA) is 57.6 Å². The van der Waals surface area contributed by atoms with Crippen molar-refractivity contribution < 1.29 is 31.1 Å². The SMILES string of the molecule is O=S(=O)(c1ccc(F)c(F)c1F)N(CCO)c1cccc(F)c1. The molecule has 0 fully saturated rings. The van der Waals surface area contributed by atoms with Crippen LogP contribution in [0.1, 0.15) is 0 Å². The van der Waals surface area contributed by atoms with E-state index in [1.165, 1.54) is 12.1 Å². The highest BCUT2D eigenvalue weighted by molar-refractivity contribution is 7.92. The van der Waals surface area contributed by atoms with Crippen molar-refractivity contribution in [2.75, 3.05) is 17.5 Å². The Hall–Kier alpha value is -2.13. The summed E-state index contributed by atoms with van der Waals surface area (Å²) in [5.41, 5.74) is -0.191. The molecule has 4 nitrogen and oxygen atoms in total. The van der Waals surface area contributed by atoms with Crippen LogP contribution in [0.4, 0.5) is 23.2 Å². The maximum absolute atomic E-state index is 13.8. The highest BCUT2D eigenvalue weighted by Crippen LogP contribution is 2.27. The number of anilines is 1. The van der Waals surface area contributed by atoms with E-state index in [-0.39, 0.29) is 5.69 Å². The van der Waals surface area contributed by atoms with Gasteiger partial charge in [0.2, 0.25) is 0 Å². The number of rotatable bonds is 5. The van der Waals surface area contributed by atoms with Crippen molar-refractivity contribution >= 4 is 15.7 Å². The van der Waals surface area contributed by atoms with E-state index in [2.05, 4.69) is 0 Å². The van der Waals surface area contributed by atoms with Crippen molar-refractivity contribution in [3.63, 3.8) is 0 Å². The second-order valence-corrected chi connectivity index (χ2v) is 6.28. The van der Waals surface area contributed by atoms with Gasteiger partial charge in [0.1, 0.15) is 10.7 Å². The number of hydrogen-bond donors (Lipinski definition) is 1. The van der Waals surface area contributed by atoms with Crippen LogP contribution >= 0.6 is 0 Å². The molecule has 2 aromatic carbocycles. The molecule has 0 unspecified atom stereocenters. The van der Waals surface area contributed by atoms with Gasteiger partial charge in [0.05, 0.1) is 18.8 Å². The first-order valence-corrected chi connectivity index (χ1v) is 7.75. The maximum atomic E-state index is 13.8. The van der Waals surface area contributed by atoms with Crippen molar-refractivity contribution in [1.82, 2.24) is 0 Å². The monoisotopic (exact) mass is 349 g/mol. The first kappa shape index (κ1) is 17.2. The van der Waals surface area contributed by atoms with Gasteiger partial charge in [-0.25, -0.2) is 26.0 Å². The van der Waals surface area contributed by atoms with E-state index in [1.54, 1.807) is 0 Å². The largest absolute Gasteiger partial charge is 0.394 e. The molecule has 0 saturated heterocycles. The van der Waals surface area contributed by atoms with Crippen molar-refractivity contribution in [2.24, 2.45) is 0 Å². The molecule has 0 amide bonds. The lowest BCUT2D eigenvalue weighted by atomic mass is 10.3. The smallest absolute Gasteiger partial charge is 0.267 e. The average molecular weight is 349 g/mol. The first-order valence-electron chi connectivity index (χ1n) is 6.31. The number of halogens is 4. The highest BCUT2D eigenvalue weighted by Gasteiger charge is 2.30. The van der Waals surface area contributed by atoms with Gasteiger partial charge in [0.15, 0.2) is 17.5 Å². The fourth-order valence-corrected chi connectivity index (χ4v) is 3.44. The van der Waals surface area contributed by atoms with Crippen LogP contribution in [-0.2, 0) is 10.0 Å². The lowest BCUT2D eigenvalue weighted by molar-refractivity contribution is 0.306. The Morgan fingerprint density at radius 1 is 1.00 bits per heavy atom. The number of sulfonamides is 1. The van der Waals surface area contributed by atoms with Gasteiger partial charge in [-0.05, 0) is 30.3 Å². The van der Waals surface area contributed by atoms with E-state index in [9.17, 15) is 26.0 Å². The second-order valence-electron chi connectivity index (χ2n) is 4.45. The Morgan fingerprint density at radius 3 is 2.30 bits per heavy atom. The molecule has 0 spiro atoms. The van der Waals surface area contributed by atoms with Crippen molar-refractivity contribution in [3.05, 3.63) is 59.7 Å². The van der Waals surface area contributed by atoms with E-state index >= 15 is 0 Å². The number of aliphatic hydroxyl groups is 1. The standard InChI is InChI=1S/C14H11F4NO3S/c15-9-2-1-3-10(8-9)19(6-7-20)23(21,22)12-5-4-11(16)13(17)14(12)18/h1-5,8,20H,6-7H2. The van der Waals surface area contributed by atoms with Crippen LogP contribution in [0.25, 0.3) is 0 Å². The zero-order valence-corrected chi connectivity index (χ0v) is 12.3. The van der Waals surface area contributed by atoms with Crippen LogP contribution in [0.2, 0.25) is 0 Å². The van der Waals surface area contributed by atoms with Gasteiger partial charge in [0, 0.05) is 0 Å². The van der Waals surface area contributed by atoms with Crippen molar-refractivity contribution in [3.8, 4) is 0 Å². The molecule has 0 aliphatic carbocycles. The normalized spacial score (nSPS) is 11.5. The van der Waals surface area contributed by atoms with E-state index < -0.39 is 51.3 Å². The molecule has 2 aromatic rings. The number of aliphatic hydroxyl groups excluding tert-OH is 1. The molecule has 0 aromatic heterocycles. The Labute approximate surface area is 129 Å². The van der Waals surface area contributed by atoms with Crippen molar-refractivity contribution in [1.29, 1.82) is 0 Å². The molecule has 2 rings (SSSR count). The minimum absolute atomic E-state index is 0.191. The predicted molar refractivity (Wildman–Crippen MR) is 74.3 cm³/mol. The minimum Gasteiger partial charge on any atom is -0.394 e. The van der Waals surface area contributed by atoms with Crippen molar-refractivity contribution in [2.45, 2.75) is 4.90 Å². The van der Waals surface area contributed by atoms with Crippen LogP contribution in [0, 0.1) is 23.3 Å². The zero-order chi connectivity index (χ0) is 17.2. The molecule has 0 bridgehead atoms. The predicted octanol–water partition coefficient (Wildman–Crippen LogP) is 2.43. The molecule has 0 atom stereocenters. The summed E-state index contributed by atoms with van der Waals surface area (Å²) in [5, 5.41) is 9.02. The Balaban J connectivity index is 2.60. The number of nitrogens with zero attached hydrogens (tertiary/aromatic N) is 1. The highest BCUT2D eigenvalue weighted by atomic mass is 32.2. The Kier molecular flexibility index (Phi) is 4.90. The molecule has 0 saturated carbocycles. The van der Waals surface area contributed by atoms with Crippen LogP contribution < -0.4 is 4.31 Å². The van der Waals surface area contributed by atoms with E-state index in [4.69, 9.17) is 5.11 Å². The van der Waals surface area contributed by atoms with Gasteiger partial charge in [-0.1, -0.05) is 6.07 Å². The molecule has 124 valence electrons. The van der Waals surface area contributed by atoms with E-state index in [0.717, 1.165) is 12.1 Å². The number of benzene rings is 2. The minimum atomic E-state index is -4.68. The van der Waals surface area contributed by atoms with Gasteiger partial charge in [-0.3, -0.25) is 4.31 Å². The lowest BCUT2D eigenvalue weighted by Crippen LogP contribution is -2.34. The summed E-state index contributed by atoms with van der Waals surface area (Å²) in [4.78, 5) is -1.12. The summed E-state index contributed by atoms with van der Waals surface area (Å²) in [7, 11) is -4.68. The summed E-state index contributed by atoms with van der Waals surface area (Å²) in [6.07, 6.45) is 0. The quantitative estimate of drug-likeness (QED) is 0.666. The van der Waals surface area contributed by atoms with Gasteiger partial charge in [0.25, 0.3) is 10.0 Å². The molecule has 0 aliphatic heterocycles. The fourth-order valence-electron chi connectivity index (χ4n) is 1.94. The van der Waals surface area contributed by atoms with Gasteiger partial charge in [-0.15, -0.1) is 0 Å². The van der Waals surface area contributed by atoms with Gasteiger partial charge in [-0.2, -0.15) is 0 Å². The second kappa shape index (κ2) is 6.55. The summed E-state index contributed by atoms with van der Waals surface area (Å²) in [5.74, 6) is -6.12. The molecular weight excluding hydrogens is 338 g/mol. The van der Waals surface area contributed by atoms with Crippen LogP contribution in [0.15, 0.2) is 41.3 Å². The van der Waals surface area contributed by atoms with E-state index in [1.807, 2.05) is 0 Å². The summed E-state index contributed by atoms with van der Waals surface area (Å²) >= 11 is 0. The third-order valence-corrected chi connectivity index (χ3v) is 4.81. The van der Waals surface area contributed by atoms with Crippen LogP contribution in [-0.4, -0.2) is 26.7 Å². The zero-order valence-electron chi connectivity index (χ0n) is 11.5. The summed E-state index contributed by atoms with van der Waals surface area (Å²) < 4.78 is 78.8. The molecule has 0 aliphatic rings. The average Bonchev–Trinajstić information content (AvgIpc) is 2.50. The fraction of sp³-hybridized carbons (Fsp3) is 0.143. The Morgan fingerprint density at radius 2 is 1.70 bits per heavy atom. The van der Waals surface area contributed by atoms with Crippen LogP contribution in [0.5, 0.6) is 0 Å². The molecule has 0 radical (unpaired) electrons. The number of hydrogen-bond acceptors (Lipinski definition) is 3. The van der Waals surface area contributed by atoms with E-state index in [0.29, 0.717) is 16.4 Å². The lowest BCUT2D eigenvalue weighted by Gasteiger charge is -2.24. The molecule has 0 heterocycles. The summed E-state index contributed by atoms with van der Waals surface area (Å²) in [6, 6.07) is 5.37. The third-order valence-electron chi connectivity index (χ3n) is 2.97. The summed E-state index contributed by atoms with van der Waals surface area (Å²) in [6.45, 7) is -1.18.